The van der Waals surface area contributed by atoms with E-state index in [0.29, 0.717) is 6.42 Å². The summed E-state index contributed by atoms with van der Waals surface area (Å²) in [6.45, 7) is 0.152. The van der Waals surface area contributed by atoms with E-state index in [4.69, 9.17) is 19.7 Å². The number of aliphatic hydroxyl groups is 2. The van der Waals surface area contributed by atoms with Crippen molar-refractivity contribution in [3.63, 3.8) is 0 Å². The van der Waals surface area contributed by atoms with Gasteiger partial charge in [0, 0.05) is 13.5 Å². The number of ether oxygens (including phenoxy) is 2. The molecule has 3 atom stereocenters. The van der Waals surface area contributed by atoms with E-state index in [-0.39, 0.29) is 12.7 Å². The van der Waals surface area contributed by atoms with Gasteiger partial charge in [-0.1, -0.05) is 0 Å². The molecule has 1 rings (SSSR count). The highest BCUT2D eigenvalue weighted by Crippen LogP contribution is 2.14. The molecule has 4 nitrogen and oxygen atoms in total. The van der Waals surface area contributed by atoms with Gasteiger partial charge < -0.3 is 19.7 Å². The van der Waals surface area contributed by atoms with E-state index in [0.717, 1.165) is 0 Å². The van der Waals surface area contributed by atoms with Gasteiger partial charge in [0.2, 0.25) is 0 Å². The van der Waals surface area contributed by atoms with Crippen LogP contribution in [0.2, 0.25) is 0 Å². The molecule has 0 aromatic heterocycles. The second kappa shape index (κ2) is 3.30. The molecule has 1 unspecified atom stereocenters. The molecule has 1 heterocycles. The van der Waals surface area contributed by atoms with Crippen LogP contribution in [0.15, 0.2) is 0 Å². The Hall–Kier alpha value is -0.160. The van der Waals surface area contributed by atoms with Crippen LogP contribution in [-0.2, 0) is 9.47 Å². The molecule has 60 valence electrons. The van der Waals surface area contributed by atoms with Crippen molar-refractivity contribution in [2.45, 2.75) is 24.9 Å². The number of methoxy groups -OCH3 is 1. The smallest absolute Gasteiger partial charge is 0.157 e. The molecule has 0 amide bonds. The number of hydrogen-bond acceptors (Lipinski definition) is 4. The summed E-state index contributed by atoms with van der Waals surface area (Å²) in [5, 5.41) is 18.0. The van der Waals surface area contributed by atoms with Crippen LogP contribution in [0.3, 0.4) is 0 Å². The Morgan fingerprint density at radius 1 is 1.50 bits per heavy atom. The highest BCUT2D eigenvalue weighted by atomic mass is 16.6. The van der Waals surface area contributed by atoms with Gasteiger partial charge in [-0.2, -0.15) is 0 Å². The SMILES string of the molecule is CO[C@H]1CC(O)OC[C@H]1O. The maximum absolute atomic E-state index is 9.13. The predicted molar refractivity (Wildman–Crippen MR) is 33.4 cm³/mol. The van der Waals surface area contributed by atoms with Gasteiger partial charge in [-0.3, -0.25) is 0 Å². The number of aliphatic hydroxyl groups excluding tert-OH is 2. The minimum Gasteiger partial charge on any atom is -0.388 e. The molecule has 1 saturated heterocycles. The lowest BCUT2D eigenvalue weighted by Crippen LogP contribution is -2.42. The fourth-order valence-electron chi connectivity index (χ4n) is 0.994. The third kappa shape index (κ3) is 1.67. The average molecular weight is 148 g/mol. The fraction of sp³-hybridized carbons (Fsp3) is 1.00. The lowest BCUT2D eigenvalue weighted by molar-refractivity contribution is -0.199. The summed E-state index contributed by atoms with van der Waals surface area (Å²) >= 11 is 0. The Labute approximate surface area is 59.4 Å². The van der Waals surface area contributed by atoms with E-state index in [9.17, 15) is 0 Å². The summed E-state index contributed by atoms with van der Waals surface area (Å²) in [6, 6.07) is 0. The first-order chi connectivity index (χ1) is 4.74. The van der Waals surface area contributed by atoms with Crippen molar-refractivity contribution in [2.24, 2.45) is 0 Å². The van der Waals surface area contributed by atoms with Crippen LogP contribution in [0, 0.1) is 0 Å². The highest BCUT2D eigenvalue weighted by molar-refractivity contribution is 4.73. The van der Waals surface area contributed by atoms with Gasteiger partial charge in [0.1, 0.15) is 6.10 Å². The Bertz CT molecular complexity index is 106. The second-order valence-corrected chi connectivity index (χ2v) is 2.37. The van der Waals surface area contributed by atoms with E-state index < -0.39 is 12.4 Å². The number of hydrogen-bond donors (Lipinski definition) is 2. The maximum atomic E-state index is 9.13. The fourth-order valence-corrected chi connectivity index (χ4v) is 0.994. The largest absolute Gasteiger partial charge is 0.388 e. The van der Waals surface area contributed by atoms with Crippen LogP contribution in [0.4, 0.5) is 0 Å². The van der Waals surface area contributed by atoms with E-state index in [1.807, 2.05) is 0 Å². The van der Waals surface area contributed by atoms with Crippen LogP contribution >= 0.6 is 0 Å². The molecule has 0 aromatic carbocycles. The number of rotatable bonds is 1. The molecule has 0 radical (unpaired) electrons. The van der Waals surface area contributed by atoms with Crippen LogP contribution in [0.1, 0.15) is 6.42 Å². The molecule has 0 bridgehead atoms. The van der Waals surface area contributed by atoms with E-state index in [2.05, 4.69) is 0 Å². The molecule has 0 spiro atoms. The molecule has 1 aliphatic heterocycles. The minimum absolute atomic E-state index is 0.152. The summed E-state index contributed by atoms with van der Waals surface area (Å²) in [5.74, 6) is 0. The van der Waals surface area contributed by atoms with Crippen molar-refractivity contribution in [3.05, 3.63) is 0 Å². The van der Waals surface area contributed by atoms with Crippen molar-refractivity contribution in [2.75, 3.05) is 13.7 Å². The molecule has 2 N–H and O–H groups in total. The van der Waals surface area contributed by atoms with Crippen LogP contribution < -0.4 is 0 Å². The summed E-state index contributed by atoms with van der Waals surface area (Å²) in [7, 11) is 1.51. The van der Waals surface area contributed by atoms with Gasteiger partial charge in [0.05, 0.1) is 12.7 Å². The zero-order chi connectivity index (χ0) is 7.56. The highest BCUT2D eigenvalue weighted by Gasteiger charge is 2.28. The molecule has 1 aliphatic rings. The lowest BCUT2D eigenvalue weighted by atomic mass is 10.1. The van der Waals surface area contributed by atoms with Gasteiger partial charge in [0.15, 0.2) is 6.29 Å². The van der Waals surface area contributed by atoms with Gasteiger partial charge in [0.25, 0.3) is 0 Å². The Balaban J connectivity index is 2.38. The molecule has 0 aliphatic carbocycles. The van der Waals surface area contributed by atoms with Crippen LogP contribution in [0.5, 0.6) is 0 Å². The minimum atomic E-state index is -0.784. The summed E-state index contributed by atoms with van der Waals surface area (Å²) < 4.78 is 9.63. The summed E-state index contributed by atoms with van der Waals surface area (Å²) in [6.07, 6.45) is -1.33. The molecule has 0 saturated carbocycles. The third-order valence-corrected chi connectivity index (χ3v) is 1.63. The first-order valence-corrected chi connectivity index (χ1v) is 3.24. The van der Waals surface area contributed by atoms with Gasteiger partial charge in [-0.15, -0.1) is 0 Å². The zero-order valence-corrected chi connectivity index (χ0v) is 5.86. The Morgan fingerprint density at radius 3 is 2.70 bits per heavy atom. The molecular formula is C6H12O4. The quantitative estimate of drug-likeness (QED) is 0.506. The van der Waals surface area contributed by atoms with E-state index in [1.165, 1.54) is 7.11 Å². The second-order valence-electron chi connectivity index (χ2n) is 2.37. The average Bonchev–Trinajstić information content (AvgIpc) is 1.94. The van der Waals surface area contributed by atoms with Crippen molar-refractivity contribution in [3.8, 4) is 0 Å². The third-order valence-electron chi connectivity index (χ3n) is 1.63. The van der Waals surface area contributed by atoms with E-state index in [1.54, 1.807) is 0 Å². The van der Waals surface area contributed by atoms with Crippen molar-refractivity contribution >= 4 is 0 Å². The zero-order valence-electron chi connectivity index (χ0n) is 5.86. The summed E-state index contributed by atoms with van der Waals surface area (Å²) in [4.78, 5) is 0. The van der Waals surface area contributed by atoms with Gasteiger partial charge >= 0.3 is 0 Å². The monoisotopic (exact) mass is 148 g/mol. The molecule has 10 heavy (non-hydrogen) atoms. The van der Waals surface area contributed by atoms with Crippen LogP contribution in [0.25, 0.3) is 0 Å². The topological polar surface area (TPSA) is 58.9 Å². The molecule has 4 heteroatoms. The maximum Gasteiger partial charge on any atom is 0.157 e. The lowest BCUT2D eigenvalue weighted by Gasteiger charge is -2.29. The first kappa shape index (κ1) is 7.94. The van der Waals surface area contributed by atoms with Gasteiger partial charge in [-0.05, 0) is 0 Å². The normalized spacial score (nSPS) is 41.7. The van der Waals surface area contributed by atoms with Crippen molar-refractivity contribution < 1.29 is 19.7 Å². The van der Waals surface area contributed by atoms with Gasteiger partial charge in [-0.25, -0.2) is 0 Å². The Morgan fingerprint density at radius 2 is 2.20 bits per heavy atom. The standard InChI is InChI=1S/C6H12O4/c1-9-5-2-6(8)10-3-4(5)7/h4-8H,2-3H2,1H3/t4-,5+,6?/m1/s1. The Kier molecular flexibility index (Phi) is 2.62. The van der Waals surface area contributed by atoms with Crippen LogP contribution in [-0.4, -0.2) is 42.4 Å². The molecular weight excluding hydrogens is 136 g/mol. The summed E-state index contributed by atoms with van der Waals surface area (Å²) in [5.41, 5.74) is 0. The first-order valence-electron chi connectivity index (χ1n) is 3.24. The van der Waals surface area contributed by atoms with Crippen molar-refractivity contribution in [1.82, 2.24) is 0 Å². The van der Waals surface area contributed by atoms with E-state index >= 15 is 0 Å². The van der Waals surface area contributed by atoms with Crippen molar-refractivity contribution in [1.29, 1.82) is 0 Å². The molecule has 1 fully saturated rings. The molecule has 0 aromatic rings. The predicted octanol–water partition coefficient (Wildman–Crippen LogP) is -0.899.